The smallest absolute Gasteiger partial charge is 0.0709 e. The van der Waals surface area contributed by atoms with Gasteiger partial charge in [0.25, 0.3) is 0 Å². The summed E-state index contributed by atoms with van der Waals surface area (Å²) in [6, 6.07) is 19.2. The fourth-order valence-corrected chi connectivity index (χ4v) is 2.52. The van der Waals surface area contributed by atoms with E-state index in [4.69, 9.17) is 4.98 Å². The number of hydrogen-bond acceptors (Lipinski definition) is 1. The van der Waals surface area contributed by atoms with E-state index in [0.717, 1.165) is 11.2 Å². The Bertz CT molecular complexity index is 757. The van der Waals surface area contributed by atoms with Gasteiger partial charge in [0.2, 0.25) is 0 Å². The van der Waals surface area contributed by atoms with E-state index in [0.29, 0.717) is 5.92 Å². The van der Waals surface area contributed by atoms with E-state index < -0.39 is 0 Å². The van der Waals surface area contributed by atoms with Crippen LogP contribution >= 0.6 is 0 Å². The molecule has 0 radical (unpaired) electrons. The van der Waals surface area contributed by atoms with Crippen LogP contribution < -0.4 is 0 Å². The highest BCUT2D eigenvalue weighted by Gasteiger charge is 2.06. The monoisotopic (exact) mass is 261 g/mol. The minimum absolute atomic E-state index is 0.536. The first-order chi connectivity index (χ1) is 9.63. The summed E-state index contributed by atoms with van der Waals surface area (Å²) in [5.74, 6) is 0.536. The number of para-hydroxylation sites is 1. The highest BCUT2D eigenvalue weighted by atomic mass is 14.7. The van der Waals surface area contributed by atoms with Crippen molar-refractivity contribution in [2.45, 2.75) is 26.7 Å². The molecular formula is C19H19N. The zero-order valence-corrected chi connectivity index (χ0v) is 12.2. The third-order valence-corrected chi connectivity index (χ3v) is 3.66. The normalized spacial score (nSPS) is 11.2. The molecule has 1 nitrogen and oxygen atoms in total. The molecule has 0 saturated heterocycles. The van der Waals surface area contributed by atoms with E-state index in [1.165, 1.54) is 22.1 Å². The topological polar surface area (TPSA) is 12.9 Å². The van der Waals surface area contributed by atoms with Crippen molar-refractivity contribution in [1.29, 1.82) is 0 Å². The van der Waals surface area contributed by atoms with Crippen molar-refractivity contribution >= 4 is 10.9 Å². The van der Waals surface area contributed by atoms with E-state index in [2.05, 4.69) is 63.2 Å². The van der Waals surface area contributed by atoms with Crippen LogP contribution in [-0.4, -0.2) is 4.98 Å². The van der Waals surface area contributed by atoms with Crippen LogP contribution in [0.3, 0.4) is 0 Å². The average molecular weight is 261 g/mol. The Morgan fingerprint density at radius 3 is 2.50 bits per heavy atom. The molecule has 20 heavy (non-hydrogen) atoms. The third-order valence-electron chi connectivity index (χ3n) is 3.66. The Hall–Kier alpha value is -2.15. The number of pyridine rings is 1. The van der Waals surface area contributed by atoms with Gasteiger partial charge in [-0.25, -0.2) is 4.98 Å². The molecule has 0 saturated carbocycles. The summed E-state index contributed by atoms with van der Waals surface area (Å²) in [4.78, 5) is 4.79. The fourth-order valence-electron chi connectivity index (χ4n) is 2.52. The minimum atomic E-state index is 0.536. The number of aryl methyl sites for hydroxylation is 1. The summed E-state index contributed by atoms with van der Waals surface area (Å²) in [7, 11) is 0. The first kappa shape index (κ1) is 12.9. The van der Waals surface area contributed by atoms with Crippen LogP contribution in [-0.2, 0) is 0 Å². The molecule has 3 rings (SSSR count). The maximum atomic E-state index is 4.79. The Labute approximate surface area is 120 Å². The molecule has 2 aromatic carbocycles. The van der Waals surface area contributed by atoms with E-state index in [9.17, 15) is 0 Å². The number of rotatable bonds is 2. The Kier molecular flexibility index (Phi) is 3.27. The summed E-state index contributed by atoms with van der Waals surface area (Å²) in [6.45, 7) is 6.61. The lowest BCUT2D eigenvalue weighted by Crippen LogP contribution is -1.92. The van der Waals surface area contributed by atoms with Gasteiger partial charge < -0.3 is 0 Å². The number of benzene rings is 2. The van der Waals surface area contributed by atoms with Crippen molar-refractivity contribution in [3.05, 3.63) is 65.7 Å². The molecule has 0 aliphatic carbocycles. The second-order valence-corrected chi connectivity index (χ2v) is 5.68. The first-order valence-corrected chi connectivity index (χ1v) is 7.11. The second kappa shape index (κ2) is 5.09. The summed E-state index contributed by atoms with van der Waals surface area (Å²) in [6.07, 6.45) is 0. The number of aromatic nitrogens is 1. The second-order valence-electron chi connectivity index (χ2n) is 5.68. The summed E-state index contributed by atoms with van der Waals surface area (Å²) in [5, 5.41) is 1.19. The van der Waals surface area contributed by atoms with Crippen LogP contribution in [0.5, 0.6) is 0 Å². The summed E-state index contributed by atoms with van der Waals surface area (Å²) >= 11 is 0. The van der Waals surface area contributed by atoms with Gasteiger partial charge in [-0.1, -0.05) is 49.7 Å². The summed E-state index contributed by atoms with van der Waals surface area (Å²) in [5.41, 5.74) is 5.97. The zero-order chi connectivity index (χ0) is 14.1. The number of nitrogens with zero attached hydrogens (tertiary/aromatic N) is 1. The molecule has 0 fully saturated rings. The molecule has 1 heterocycles. The van der Waals surface area contributed by atoms with Crippen LogP contribution in [0, 0.1) is 6.92 Å². The lowest BCUT2D eigenvalue weighted by atomic mass is 9.96. The SMILES string of the molecule is Cc1cc(-c2ccc3ccccc3n2)cc(C(C)C)c1. The van der Waals surface area contributed by atoms with Gasteiger partial charge in [-0.2, -0.15) is 0 Å². The molecule has 0 unspecified atom stereocenters. The van der Waals surface area contributed by atoms with Gasteiger partial charge >= 0.3 is 0 Å². The van der Waals surface area contributed by atoms with Gasteiger partial charge in [0.1, 0.15) is 0 Å². The quantitative estimate of drug-likeness (QED) is 0.607. The van der Waals surface area contributed by atoms with Crippen LogP contribution in [0.2, 0.25) is 0 Å². The number of fused-ring (bicyclic) bond motifs is 1. The van der Waals surface area contributed by atoms with Gasteiger partial charge in [-0.3, -0.25) is 0 Å². The zero-order valence-electron chi connectivity index (χ0n) is 12.2. The first-order valence-electron chi connectivity index (χ1n) is 7.11. The Morgan fingerprint density at radius 1 is 0.900 bits per heavy atom. The highest BCUT2D eigenvalue weighted by molar-refractivity contribution is 5.81. The van der Waals surface area contributed by atoms with Crippen molar-refractivity contribution in [1.82, 2.24) is 4.98 Å². The highest BCUT2D eigenvalue weighted by Crippen LogP contribution is 2.26. The average Bonchev–Trinajstić information content (AvgIpc) is 2.46. The number of hydrogen-bond donors (Lipinski definition) is 0. The van der Waals surface area contributed by atoms with Gasteiger partial charge in [0.15, 0.2) is 0 Å². The fraction of sp³-hybridized carbons (Fsp3) is 0.211. The van der Waals surface area contributed by atoms with Crippen molar-refractivity contribution in [2.24, 2.45) is 0 Å². The van der Waals surface area contributed by atoms with E-state index in [1.807, 2.05) is 12.1 Å². The van der Waals surface area contributed by atoms with E-state index in [-0.39, 0.29) is 0 Å². The van der Waals surface area contributed by atoms with Gasteiger partial charge in [-0.15, -0.1) is 0 Å². The molecule has 0 bridgehead atoms. The van der Waals surface area contributed by atoms with E-state index >= 15 is 0 Å². The lowest BCUT2D eigenvalue weighted by molar-refractivity contribution is 0.865. The van der Waals surface area contributed by atoms with Crippen molar-refractivity contribution < 1.29 is 0 Å². The molecule has 1 heteroatoms. The van der Waals surface area contributed by atoms with Crippen LogP contribution in [0.1, 0.15) is 30.9 Å². The minimum Gasteiger partial charge on any atom is -0.248 e. The maximum Gasteiger partial charge on any atom is 0.0709 e. The van der Waals surface area contributed by atoms with Crippen molar-refractivity contribution in [3.63, 3.8) is 0 Å². The molecule has 0 spiro atoms. The van der Waals surface area contributed by atoms with Crippen molar-refractivity contribution in [2.75, 3.05) is 0 Å². The molecule has 1 aromatic heterocycles. The molecular weight excluding hydrogens is 242 g/mol. The predicted molar refractivity (Wildman–Crippen MR) is 86.0 cm³/mol. The van der Waals surface area contributed by atoms with Crippen molar-refractivity contribution in [3.8, 4) is 11.3 Å². The van der Waals surface area contributed by atoms with Crippen LogP contribution in [0.15, 0.2) is 54.6 Å². The molecule has 0 atom stereocenters. The van der Waals surface area contributed by atoms with E-state index in [1.54, 1.807) is 0 Å². The molecule has 0 N–H and O–H groups in total. The third kappa shape index (κ3) is 2.44. The Balaban J connectivity index is 2.15. The standard InChI is InChI=1S/C19H19N/c1-13(2)16-10-14(3)11-17(12-16)19-9-8-15-6-4-5-7-18(15)20-19/h4-13H,1-3H3. The molecule has 0 aliphatic heterocycles. The molecule has 100 valence electrons. The van der Waals surface area contributed by atoms with Gasteiger partial charge in [0, 0.05) is 10.9 Å². The maximum absolute atomic E-state index is 4.79. The van der Waals surface area contributed by atoms with Gasteiger partial charge in [0.05, 0.1) is 11.2 Å². The molecule has 0 aliphatic rings. The lowest BCUT2D eigenvalue weighted by Gasteiger charge is -2.10. The van der Waals surface area contributed by atoms with Crippen LogP contribution in [0.25, 0.3) is 22.2 Å². The largest absolute Gasteiger partial charge is 0.248 e. The molecule has 3 aromatic rings. The Morgan fingerprint density at radius 2 is 1.70 bits per heavy atom. The summed E-state index contributed by atoms with van der Waals surface area (Å²) < 4.78 is 0. The predicted octanol–water partition coefficient (Wildman–Crippen LogP) is 5.33. The van der Waals surface area contributed by atoms with Gasteiger partial charge in [-0.05, 0) is 42.7 Å². The van der Waals surface area contributed by atoms with Crippen LogP contribution in [0.4, 0.5) is 0 Å². The molecule has 0 amide bonds.